The predicted octanol–water partition coefficient (Wildman–Crippen LogP) is -0.543. The van der Waals surface area contributed by atoms with Gasteiger partial charge in [-0.25, -0.2) is 4.79 Å². The van der Waals surface area contributed by atoms with Crippen molar-refractivity contribution in [1.82, 2.24) is 10.6 Å². The molecule has 0 unspecified atom stereocenters. The zero-order valence-corrected chi connectivity index (χ0v) is 7.58. The van der Waals surface area contributed by atoms with Gasteiger partial charge in [-0.2, -0.15) is 0 Å². The summed E-state index contributed by atoms with van der Waals surface area (Å²) >= 11 is 0. The first-order valence-corrected chi connectivity index (χ1v) is 4.59. The average Bonchev–Trinajstić information content (AvgIpc) is 2.16. The van der Waals surface area contributed by atoms with E-state index < -0.39 is 6.09 Å². The molecule has 3 N–H and O–H groups in total. The predicted molar refractivity (Wildman–Crippen MR) is 47.5 cm³/mol. The highest BCUT2D eigenvalue weighted by Gasteiger charge is 2.16. The normalized spacial score (nSPS) is 18.2. The summed E-state index contributed by atoms with van der Waals surface area (Å²) in [5, 5.41) is 14.1. The average molecular weight is 188 g/mol. The Labute approximate surface area is 77.5 Å². The third-order valence-corrected chi connectivity index (χ3v) is 1.94. The van der Waals surface area contributed by atoms with Crippen LogP contribution in [0.15, 0.2) is 0 Å². The quantitative estimate of drug-likeness (QED) is 0.556. The van der Waals surface area contributed by atoms with Crippen molar-refractivity contribution >= 4 is 6.09 Å². The molecule has 0 spiro atoms. The maximum Gasteiger partial charge on any atom is 0.407 e. The Morgan fingerprint density at radius 3 is 2.85 bits per heavy atom. The van der Waals surface area contributed by atoms with Gasteiger partial charge in [0.25, 0.3) is 0 Å². The molecule has 76 valence electrons. The van der Waals surface area contributed by atoms with Gasteiger partial charge in [0, 0.05) is 6.54 Å². The number of alkyl carbamates (subject to hydrolysis) is 1. The Kier molecular flexibility index (Phi) is 4.56. The Bertz CT molecular complexity index is 157. The molecular formula is C8H16N2O3. The number of piperidine rings is 1. The van der Waals surface area contributed by atoms with Gasteiger partial charge in [-0.15, -0.1) is 0 Å². The number of aliphatic hydroxyl groups excluding tert-OH is 1. The van der Waals surface area contributed by atoms with Crippen molar-refractivity contribution in [2.45, 2.75) is 18.9 Å². The second-order valence-electron chi connectivity index (χ2n) is 3.01. The fourth-order valence-corrected chi connectivity index (χ4v) is 1.26. The molecule has 13 heavy (non-hydrogen) atoms. The fourth-order valence-electron chi connectivity index (χ4n) is 1.26. The van der Waals surface area contributed by atoms with Gasteiger partial charge >= 0.3 is 6.09 Å². The molecule has 0 aromatic heterocycles. The summed E-state index contributed by atoms with van der Waals surface area (Å²) in [6.45, 7) is 2.00. The molecule has 1 amide bonds. The zero-order chi connectivity index (χ0) is 9.52. The van der Waals surface area contributed by atoms with E-state index in [1.165, 1.54) is 0 Å². The number of ether oxygens (including phenoxy) is 1. The summed E-state index contributed by atoms with van der Waals surface area (Å²) in [5.41, 5.74) is 0. The van der Waals surface area contributed by atoms with Crippen LogP contribution in [0.4, 0.5) is 4.79 Å². The summed E-state index contributed by atoms with van der Waals surface area (Å²) in [4.78, 5) is 11.0. The second-order valence-corrected chi connectivity index (χ2v) is 3.01. The highest BCUT2D eigenvalue weighted by Crippen LogP contribution is 2.06. The van der Waals surface area contributed by atoms with Crippen LogP contribution in [-0.4, -0.2) is 43.5 Å². The molecule has 1 rings (SSSR count). The van der Waals surface area contributed by atoms with Crippen LogP contribution in [0.2, 0.25) is 0 Å². The summed E-state index contributed by atoms with van der Waals surface area (Å²) in [5.74, 6) is 0. The number of nitrogens with one attached hydrogen (secondary N) is 2. The van der Waals surface area contributed by atoms with Crippen LogP contribution < -0.4 is 10.6 Å². The highest BCUT2D eigenvalue weighted by atomic mass is 16.6. The van der Waals surface area contributed by atoms with Crippen LogP contribution in [0.5, 0.6) is 0 Å². The Balaban J connectivity index is 2.11. The van der Waals surface area contributed by atoms with Gasteiger partial charge in [-0.05, 0) is 25.9 Å². The van der Waals surface area contributed by atoms with Crippen molar-refractivity contribution in [1.29, 1.82) is 0 Å². The minimum atomic E-state index is -0.430. The number of hydrogen-bond acceptors (Lipinski definition) is 4. The second kappa shape index (κ2) is 5.77. The van der Waals surface area contributed by atoms with Crippen molar-refractivity contribution in [2.24, 2.45) is 0 Å². The number of rotatable bonds is 3. The number of aliphatic hydroxyl groups is 1. The molecule has 0 bridgehead atoms. The summed E-state index contributed by atoms with van der Waals surface area (Å²) in [6.07, 6.45) is 1.33. The molecular weight excluding hydrogens is 172 g/mol. The lowest BCUT2D eigenvalue weighted by molar-refractivity contribution is 0.0782. The molecule has 0 aromatic carbocycles. The molecule has 1 heterocycles. The van der Waals surface area contributed by atoms with E-state index in [0.29, 0.717) is 0 Å². The number of amides is 1. The fraction of sp³-hybridized carbons (Fsp3) is 0.875. The minimum absolute atomic E-state index is 0.0277. The molecule has 5 heteroatoms. The lowest BCUT2D eigenvalue weighted by Crippen LogP contribution is -2.37. The van der Waals surface area contributed by atoms with Gasteiger partial charge in [-0.3, -0.25) is 0 Å². The van der Waals surface area contributed by atoms with Gasteiger partial charge < -0.3 is 20.5 Å². The van der Waals surface area contributed by atoms with E-state index in [1.54, 1.807) is 0 Å². The zero-order valence-electron chi connectivity index (χ0n) is 7.58. The third-order valence-electron chi connectivity index (χ3n) is 1.94. The lowest BCUT2D eigenvalue weighted by Gasteiger charge is -2.22. The van der Waals surface area contributed by atoms with Crippen molar-refractivity contribution in [3.8, 4) is 0 Å². The summed E-state index contributed by atoms with van der Waals surface area (Å²) < 4.78 is 5.09. The summed E-state index contributed by atoms with van der Waals surface area (Å²) in [7, 11) is 0. The van der Waals surface area contributed by atoms with Crippen molar-refractivity contribution in [2.75, 3.05) is 26.2 Å². The van der Waals surface area contributed by atoms with Gasteiger partial charge in [-0.1, -0.05) is 0 Å². The van der Waals surface area contributed by atoms with Crippen LogP contribution in [0, 0.1) is 0 Å². The molecule has 1 saturated heterocycles. The molecule has 0 aromatic rings. The van der Waals surface area contributed by atoms with Crippen molar-refractivity contribution in [3.63, 3.8) is 0 Å². The Hall–Kier alpha value is -0.810. The molecule has 0 radical (unpaired) electrons. The van der Waals surface area contributed by atoms with E-state index in [-0.39, 0.29) is 19.3 Å². The van der Waals surface area contributed by atoms with E-state index in [4.69, 9.17) is 9.84 Å². The van der Waals surface area contributed by atoms with Gasteiger partial charge in [0.05, 0.1) is 6.61 Å². The largest absolute Gasteiger partial charge is 0.446 e. The molecule has 0 aliphatic carbocycles. The molecule has 0 atom stereocenters. The maximum absolute atomic E-state index is 11.0. The van der Waals surface area contributed by atoms with Crippen LogP contribution in [0.25, 0.3) is 0 Å². The highest BCUT2D eigenvalue weighted by molar-refractivity contribution is 5.67. The topological polar surface area (TPSA) is 70.6 Å². The first-order chi connectivity index (χ1) is 6.33. The summed E-state index contributed by atoms with van der Waals surface area (Å²) in [6, 6.07) is 0. The number of carbonyl (C=O) groups is 1. The van der Waals surface area contributed by atoms with E-state index >= 15 is 0 Å². The van der Waals surface area contributed by atoms with E-state index in [0.717, 1.165) is 25.9 Å². The molecule has 1 fully saturated rings. The molecule has 5 nitrogen and oxygen atoms in total. The SMILES string of the molecule is O=C(NCCO)OC1CCNCC1. The lowest BCUT2D eigenvalue weighted by atomic mass is 10.1. The van der Waals surface area contributed by atoms with E-state index in [1.807, 2.05) is 0 Å². The minimum Gasteiger partial charge on any atom is -0.446 e. The van der Waals surface area contributed by atoms with E-state index in [2.05, 4.69) is 10.6 Å². The molecule has 0 saturated carbocycles. The van der Waals surface area contributed by atoms with Crippen LogP contribution in [-0.2, 0) is 4.74 Å². The van der Waals surface area contributed by atoms with Crippen LogP contribution in [0.3, 0.4) is 0 Å². The Morgan fingerprint density at radius 2 is 2.23 bits per heavy atom. The Morgan fingerprint density at radius 1 is 1.54 bits per heavy atom. The number of carbonyl (C=O) groups excluding carboxylic acids is 1. The van der Waals surface area contributed by atoms with Crippen molar-refractivity contribution < 1.29 is 14.6 Å². The van der Waals surface area contributed by atoms with Gasteiger partial charge in [0.1, 0.15) is 6.10 Å². The molecule has 1 aliphatic rings. The van der Waals surface area contributed by atoms with E-state index in [9.17, 15) is 4.79 Å². The number of hydrogen-bond donors (Lipinski definition) is 3. The first kappa shape index (κ1) is 10.3. The maximum atomic E-state index is 11.0. The smallest absolute Gasteiger partial charge is 0.407 e. The van der Waals surface area contributed by atoms with Crippen LogP contribution in [0.1, 0.15) is 12.8 Å². The third kappa shape index (κ3) is 4.10. The van der Waals surface area contributed by atoms with Crippen LogP contribution >= 0.6 is 0 Å². The molecule has 1 aliphatic heterocycles. The standard InChI is InChI=1S/C8H16N2O3/c11-6-5-10-8(12)13-7-1-3-9-4-2-7/h7,9,11H,1-6H2,(H,10,12). The first-order valence-electron chi connectivity index (χ1n) is 4.59. The monoisotopic (exact) mass is 188 g/mol. The van der Waals surface area contributed by atoms with Gasteiger partial charge in [0.15, 0.2) is 0 Å². The van der Waals surface area contributed by atoms with Gasteiger partial charge in [0.2, 0.25) is 0 Å². The van der Waals surface area contributed by atoms with Crippen molar-refractivity contribution in [3.05, 3.63) is 0 Å².